The van der Waals surface area contributed by atoms with Gasteiger partial charge in [-0.1, -0.05) is 32.0 Å². The van der Waals surface area contributed by atoms with Crippen molar-refractivity contribution >= 4 is 34.7 Å². The number of nitro groups is 1. The van der Waals surface area contributed by atoms with Crippen LogP contribution in [0.2, 0.25) is 0 Å². The van der Waals surface area contributed by atoms with Crippen LogP contribution in [-0.2, 0) is 11.3 Å². The molecular weight excluding hydrogens is 420 g/mol. The van der Waals surface area contributed by atoms with Crippen LogP contribution in [0, 0.1) is 16.0 Å². The summed E-state index contributed by atoms with van der Waals surface area (Å²) in [6.45, 7) is 4.70. The number of carbonyl (C=O) groups excluding carboxylic acids is 2. The predicted octanol–water partition coefficient (Wildman–Crippen LogP) is 4.87. The number of ether oxygens (including phenoxy) is 2. The molecule has 1 saturated heterocycles. The first kappa shape index (κ1) is 22.4. The molecule has 2 aromatic carbocycles. The fourth-order valence-electron chi connectivity index (χ4n) is 2.84. The first-order valence-corrected chi connectivity index (χ1v) is 10.4. The lowest BCUT2D eigenvalue weighted by Gasteiger charge is -2.13. The molecule has 9 heteroatoms. The molecule has 0 spiro atoms. The van der Waals surface area contributed by atoms with Crippen molar-refractivity contribution < 1.29 is 24.0 Å². The minimum Gasteiger partial charge on any atom is -0.493 e. The standard InChI is InChI=1S/C22H22N2O6S/c1-14(2)13-30-18-9-6-16(10-19(18)29-3)11-20-21(25)23(22(26)31-20)12-15-4-7-17(8-5-15)24(27)28/h4-11,14H,12-13H2,1-3H3/b20-11-. The van der Waals surface area contributed by atoms with Gasteiger partial charge in [0.25, 0.3) is 16.8 Å². The van der Waals surface area contributed by atoms with E-state index in [0.29, 0.717) is 40.1 Å². The molecule has 0 N–H and O–H groups in total. The zero-order chi connectivity index (χ0) is 22.5. The van der Waals surface area contributed by atoms with E-state index in [-0.39, 0.29) is 12.2 Å². The third-order valence-electron chi connectivity index (χ3n) is 4.42. The van der Waals surface area contributed by atoms with E-state index in [0.717, 1.165) is 16.7 Å². The van der Waals surface area contributed by atoms with E-state index in [9.17, 15) is 19.7 Å². The van der Waals surface area contributed by atoms with Crippen molar-refractivity contribution in [1.82, 2.24) is 4.90 Å². The predicted molar refractivity (Wildman–Crippen MR) is 118 cm³/mol. The van der Waals surface area contributed by atoms with Gasteiger partial charge in [-0.05, 0) is 47.0 Å². The maximum Gasteiger partial charge on any atom is 0.293 e. The normalized spacial score (nSPS) is 15.1. The summed E-state index contributed by atoms with van der Waals surface area (Å²) in [7, 11) is 1.54. The number of carbonyl (C=O) groups is 2. The van der Waals surface area contributed by atoms with E-state index in [1.165, 1.54) is 24.3 Å². The molecule has 0 radical (unpaired) electrons. The molecule has 162 valence electrons. The molecule has 0 unspecified atom stereocenters. The van der Waals surface area contributed by atoms with Gasteiger partial charge in [-0.15, -0.1) is 0 Å². The molecular formula is C22H22N2O6S. The van der Waals surface area contributed by atoms with Crippen molar-refractivity contribution in [2.24, 2.45) is 5.92 Å². The minimum atomic E-state index is -0.500. The van der Waals surface area contributed by atoms with Crippen molar-refractivity contribution in [3.63, 3.8) is 0 Å². The highest BCUT2D eigenvalue weighted by atomic mass is 32.2. The maximum absolute atomic E-state index is 12.8. The molecule has 3 rings (SSSR count). The van der Waals surface area contributed by atoms with E-state index in [1.54, 1.807) is 31.4 Å². The number of amides is 2. The Morgan fingerprint density at radius 1 is 1.13 bits per heavy atom. The number of hydrogen-bond acceptors (Lipinski definition) is 7. The highest BCUT2D eigenvalue weighted by Gasteiger charge is 2.35. The Morgan fingerprint density at radius 3 is 2.45 bits per heavy atom. The van der Waals surface area contributed by atoms with E-state index < -0.39 is 16.1 Å². The molecule has 0 aliphatic carbocycles. The number of benzene rings is 2. The van der Waals surface area contributed by atoms with E-state index in [2.05, 4.69) is 0 Å². The lowest BCUT2D eigenvalue weighted by Crippen LogP contribution is -2.27. The Kier molecular flexibility index (Phi) is 6.96. The molecule has 1 heterocycles. The molecule has 1 fully saturated rings. The van der Waals surface area contributed by atoms with Crippen molar-refractivity contribution in [3.8, 4) is 11.5 Å². The molecule has 1 aliphatic rings. The van der Waals surface area contributed by atoms with E-state index in [4.69, 9.17) is 9.47 Å². The van der Waals surface area contributed by atoms with Crippen molar-refractivity contribution in [1.29, 1.82) is 0 Å². The van der Waals surface area contributed by atoms with Gasteiger partial charge in [0, 0.05) is 12.1 Å². The molecule has 8 nitrogen and oxygen atoms in total. The van der Waals surface area contributed by atoms with Crippen LogP contribution >= 0.6 is 11.8 Å². The number of hydrogen-bond donors (Lipinski definition) is 0. The smallest absolute Gasteiger partial charge is 0.293 e. The van der Waals surface area contributed by atoms with Gasteiger partial charge in [0.1, 0.15) is 0 Å². The zero-order valence-corrected chi connectivity index (χ0v) is 18.2. The van der Waals surface area contributed by atoms with Crippen LogP contribution in [-0.4, -0.2) is 34.7 Å². The van der Waals surface area contributed by atoms with Crippen LogP contribution in [0.4, 0.5) is 10.5 Å². The summed E-state index contributed by atoms with van der Waals surface area (Å²) >= 11 is 0.854. The second-order valence-corrected chi connectivity index (χ2v) is 8.30. The average molecular weight is 442 g/mol. The van der Waals surface area contributed by atoms with Gasteiger partial charge < -0.3 is 9.47 Å². The summed E-state index contributed by atoms with van der Waals surface area (Å²) in [6, 6.07) is 11.1. The summed E-state index contributed by atoms with van der Waals surface area (Å²) in [5.41, 5.74) is 1.28. The third-order valence-corrected chi connectivity index (χ3v) is 5.33. The molecule has 2 aromatic rings. The quantitative estimate of drug-likeness (QED) is 0.326. The lowest BCUT2D eigenvalue weighted by molar-refractivity contribution is -0.384. The van der Waals surface area contributed by atoms with Crippen LogP contribution in [0.3, 0.4) is 0 Å². The number of thioether (sulfide) groups is 1. The number of nitro benzene ring substituents is 1. The summed E-state index contributed by atoms with van der Waals surface area (Å²) < 4.78 is 11.1. The van der Waals surface area contributed by atoms with Gasteiger partial charge in [0.05, 0.1) is 30.1 Å². The van der Waals surface area contributed by atoms with Crippen molar-refractivity contribution in [2.45, 2.75) is 20.4 Å². The first-order chi connectivity index (χ1) is 14.8. The summed E-state index contributed by atoms with van der Waals surface area (Å²) in [4.78, 5) is 36.8. The van der Waals surface area contributed by atoms with Gasteiger partial charge in [0.15, 0.2) is 11.5 Å². The topological polar surface area (TPSA) is 99.0 Å². The molecule has 0 atom stereocenters. The van der Waals surface area contributed by atoms with Gasteiger partial charge in [-0.3, -0.25) is 24.6 Å². The monoisotopic (exact) mass is 442 g/mol. The average Bonchev–Trinajstić information content (AvgIpc) is 3.00. The number of methoxy groups -OCH3 is 1. The fraction of sp³-hybridized carbons (Fsp3) is 0.273. The van der Waals surface area contributed by atoms with Crippen LogP contribution in [0.15, 0.2) is 47.4 Å². The second-order valence-electron chi connectivity index (χ2n) is 7.31. The number of rotatable bonds is 8. The first-order valence-electron chi connectivity index (χ1n) is 9.58. The number of nitrogens with zero attached hydrogens (tertiary/aromatic N) is 2. The fourth-order valence-corrected chi connectivity index (χ4v) is 3.68. The minimum absolute atomic E-state index is 0.0469. The van der Waals surface area contributed by atoms with Crippen molar-refractivity contribution in [3.05, 3.63) is 68.6 Å². The molecule has 0 saturated carbocycles. The van der Waals surface area contributed by atoms with Crippen molar-refractivity contribution in [2.75, 3.05) is 13.7 Å². The molecule has 0 bridgehead atoms. The Balaban J connectivity index is 1.75. The van der Waals surface area contributed by atoms with Gasteiger partial charge >= 0.3 is 0 Å². The summed E-state index contributed by atoms with van der Waals surface area (Å²) in [5.74, 6) is 1.11. The van der Waals surface area contributed by atoms with Crippen LogP contribution in [0.1, 0.15) is 25.0 Å². The SMILES string of the molecule is COc1cc(/C=C2\SC(=O)N(Cc3ccc([N+](=O)[O-])cc3)C2=O)ccc1OCC(C)C. The second kappa shape index (κ2) is 9.65. The Morgan fingerprint density at radius 2 is 1.84 bits per heavy atom. The molecule has 31 heavy (non-hydrogen) atoms. The molecule has 0 aromatic heterocycles. The Hall–Kier alpha value is -3.33. The Labute approximate surface area is 184 Å². The van der Waals surface area contributed by atoms with Gasteiger partial charge in [-0.25, -0.2) is 0 Å². The zero-order valence-electron chi connectivity index (χ0n) is 17.4. The molecule has 2 amide bonds. The third kappa shape index (κ3) is 5.43. The van der Waals surface area contributed by atoms with Crippen LogP contribution < -0.4 is 9.47 Å². The summed E-state index contributed by atoms with van der Waals surface area (Å²) in [5, 5.41) is 10.4. The van der Waals surface area contributed by atoms with Crippen LogP contribution in [0.5, 0.6) is 11.5 Å². The lowest BCUT2D eigenvalue weighted by atomic mass is 10.1. The number of non-ortho nitro benzene ring substituents is 1. The maximum atomic E-state index is 12.8. The summed E-state index contributed by atoms with van der Waals surface area (Å²) in [6.07, 6.45) is 1.63. The Bertz CT molecular complexity index is 1030. The van der Waals surface area contributed by atoms with Gasteiger partial charge in [-0.2, -0.15) is 0 Å². The van der Waals surface area contributed by atoms with Gasteiger partial charge in [0.2, 0.25) is 0 Å². The van der Waals surface area contributed by atoms with E-state index >= 15 is 0 Å². The molecule has 1 aliphatic heterocycles. The van der Waals surface area contributed by atoms with Crippen LogP contribution in [0.25, 0.3) is 6.08 Å². The largest absolute Gasteiger partial charge is 0.493 e. The highest BCUT2D eigenvalue weighted by molar-refractivity contribution is 8.18. The highest BCUT2D eigenvalue weighted by Crippen LogP contribution is 2.35. The van der Waals surface area contributed by atoms with E-state index in [1.807, 2.05) is 13.8 Å². The number of imide groups is 1.